The molecule has 0 radical (unpaired) electrons. The van der Waals surface area contributed by atoms with Crippen LogP contribution in [0.4, 0.5) is 0 Å². The van der Waals surface area contributed by atoms with Crippen LogP contribution in [0.2, 0.25) is 0 Å². The molecular weight excluding hydrogens is 358 g/mol. The first-order chi connectivity index (χ1) is 12.9. The first-order valence-corrected chi connectivity index (χ1v) is 9.58. The number of ketones is 1. The third-order valence-corrected chi connectivity index (χ3v) is 5.17. The lowest BCUT2D eigenvalue weighted by Crippen LogP contribution is -2.15. The van der Waals surface area contributed by atoms with Gasteiger partial charge in [-0.05, 0) is 36.9 Å². The van der Waals surface area contributed by atoms with Crippen LogP contribution < -0.4 is 0 Å². The second-order valence-corrected chi connectivity index (χ2v) is 7.76. The maximum Gasteiger partial charge on any atom is 0.168 e. The average Bonchev–Trinajstić information content (AvgIpc) is 3.32. The van der Waals surface area contributed by atoms with Crippen LogP contribution in [0.1, 0.15) is 35.5 Å². The third kappa shape index (κ3) is 3.54. The monoisotopic (exact) mass is 377 g/mol. The molecule has 0 fully saturated rings. The Bertz CT molecular complexity index is 1090. The maximum absolute atomic E-state index is 12.7. The molecule has 1 aromatic carbocycles. The van der Waals surface area contributed by atoms with Crippen LogP contribution >= 0.6 is 11.3 Å². The van der Waals surface area contributed by atoms with Crippen molar-refractivity contribution < 1.29 is 9.90 Å². The molecule has 6 heteroatoms. The van der Waals surface area contributed by atoms with Gasteiger partial charge in [0.1, 0.15) is 0 Å². The molecule has 1 N–H and O–H groups in total. The first-order valence-electron chi connectivity index (χ1n) is 8.64. The molecule has 3 aromatic heterocycles. The van der Waals surface area contributed by atoms with Gasteiger partial charge >= 0.3 is 0 Å². The highest BCUT2D eigenvalue weighted by Gasteiger charge is 2.17. The van der Waals surface area contributed by atoms with Crippen molar-refractivity contribution in [1.29, 1.82) is 0 Å². The zero-order valence-electron chi connectivity index (χ0n) is 15.1. The second kappa shape index (κ2) is 6.72. The van der Waals surface area contributed by atoms with Crippen LogP contribution in [0.3, 0.4) is 0 Å². The van der Waals surface area contributed by atoms with Gasteiger partial charge in [-0.1, -0.05) is 24.3 Å². The van der Waals surface area contributed by atoms with Crippen molar-refractivity contribution in [2.24, 2.45) is 0 Å². The number of Topliss-reactive ketones (excluding diaryl/α,β-unsaturated/α-hetero) is 1. The van der Waals surface area contributed by atoms with Gasteiger partial charge in [0.25, 0.3) is 0 Å². The molecule has 0 saturated heterocycles. The highest BCUT2D eigenvalue weighted by atomic mass is 32.1. The quantitative estimate of drug-likeness (QED) is 0.532. The number of thiophene rings is 1. The van der Waals surface area contributed by atoms with E-state index >= 15 is 0 Å². The minimum atomic E-state index is -0.925. The summed E-state index contributed by atoms with van der Waals surface area (Å²) < 4.78 is 1.79. The number of benzene rings is 1. The van der Waals surface area contributed by atoms with E-state index in [0.29, 0.717) is 11.3 Å². The minimum absolute atomic E-state index is 0.00932. The zero-order valence-corrected chi connectivity index (χ0v) is 15.9. The molecular formula is C21H19N3O2S. The molecule has 5 nitrogen and oxygen atoms in total. The molecule has 0 atom stereocenters. The largest absolute Gasteiger partial charge is 0.386 e. The van der Waals surface area contributed by atoms with Gasteiger partial charge in [0.05, 0.1) is 29.6 Å². The zero-order chi connectivity index (χ0) is 19.0. The first kappa shape index (κ1) is 17.6. The molecule has 4 rings (SSSR count). The number of carbonyl (C=O) groups excluding carboxylic acids is 1. The predicted molar refractivity (Wildman–Crippen MR) is 106 cm³/mol. The van der Waals surface area contributed by atoms with Gasteiger partial charge in [-0.3, -0.25) is 4.79 Å². The van der Waals surface area contributed by atoms with Gasteiger partial charge in [-0.2, -0.15) is 16.4 Å². The van der Waals surface area contributed by atoms with Crippen molar-refractivity contribution in [3.63, 3.8) is 0 Å². The van der Waals surface area contributed by atoms with Crippen LogP contribution in [0.5, 0.6) is 0 Å². The molecule has 0 aliphatic carbocycles. The Kier molecular flexibility index (Phi) is 4.37. The van der Waals surface area contributed by atoms with Gasteiger partial charge < -0.3 is 5.11 Å². The summed E-state index contributed by atoms with van der Waals surface area (Å²) in [6, 6.07) is 12.9. The van der Waals surface area contributed by atoms with E-state index in [1.807, 2.05) is 23.6 Å². The number of hydrogen-bond acceptors (Lipinski definition) is 5. The highest BCUT2D eigenvalue weighted by Crippen LogP contribution is 2.24. The van der Waals surface area contributed by atoms with E-state index in [4.69, 9.17) is 0 Å². The van der Waals surface area contributed by atoms with Crippen LogP contribution in [0.25, 0.3) is 16.9 Å². The van der Waals surface area contributed by atoms with E-state index in [-0.39, 0.29) is 12.2 Å². The lowest BCUT2D eigenvalue weighted by Gasteiger charge is -2.17. The van der Waals surface area contributed by atoms with Crippen molar-refractivity contribution in [2.45, 2.75) is 25.9 Å². The molecule has 136 valence electrons. The SMILES string of the molecule is CC(C)(O)c1ccc(C(=O)Cc2cc(-c3ccsc3)n3nccc3n2)cc1. The molecule has 0 aliphatic rings. The fraction of sp³-hybridized carbons (Fsp3) is 0.190. The number of nitrogens with zero attached hydrogens (tertiary/aromatic N) is 3. The van der Waals surface area contributed by atoms with Gasteiger partial charge in [0.15, 0.2) is 11.4 Å². The van der Waals surface area contributed by atoms with Crippen molar-refractivity contribution >= 4 is 22.8 Å². The third-order valence-electron chi connectivity index (χ3n) is 4.48. The number of rotatable bonds is 5. The van der Waals surface area contributed by atoms with Crippen molar-refractivity contribution in [3.05, 3.63) is 76.2 Å². The average molecular weight is 377 g/mol. The summed E-state index contributed by atoms with van der Waals surface area (Å²) >= 11 is 1.62. The Morgan fingerprint density at radius 2 is 1.96 bits per heavy atom. The Balaban J connectivity index is 1.64. The van der Waals surface area contributed by atoms with Crippen molar-refractivity contribution in [3.8, 4) is 11.3 Å². The summed E-state index contributed by atoms with van der Waals surface area (Å²) in [4.78, 5) is 17.3. The van der Waals surface area contributed by atoms with Crippen LogP contribution in [-0.4, -0.2) is 25.5 Å². The van der Waals surface area contributed by atoms with Crippen LogP contribution in [0, 0.1) is 0 Å². The molecule has 0 saturated carbocycles. The lowest BCUT2D eigenvalue weighted by atomic mass is 9.96. The minimum Gasteiger partial charge on any atom is -0.386 e. The van der Waals surface area contributed by atoms with Gasteiger partial charge in [-0.15, -0.1) is 0 Å². The molecule has 0 bridgehead atoms. The van der Waals surface area contributed by atoms with Crippen molar-refractivity contribution in [1.82, 2.24) is 14.6 Å². The second-order valence-electron chi connectivity index (χ2n) is 6.98. The Labute approximate surface area is 160 Å². The smallest absolute Gasteiger partial charge is 0.168 e. The standard InChI is InChI=1S/C21H19N3O2S/c1-21(2,26)16-5-3-14(4-6-16)19(25)12-17-11-18(15-8-10-27-13-15)24-20(23-17)7-9-22-24/h3-11,13,26H,12H2,1-2H3. The fourth-order valence-electron chi connectivity index (χ4n) is 3.00. The summed E-state index contributed by atoms with van der Waals surface area (Å²) in [5.74, 6) is -0.00932. The Morgan fingerprint density at radius 1 is 1.19 bits per heavy atom. The lowest BCUT2D eigenvalue weighted by molar-refractivity contribution is 0.0784. The molecule has 0 unspecified atom stereocenters. The number of fused-ring (bicyclic) bond motifs is 1. The van der Waals surface area contributed by atoms with Gasteiger partial charge in [0.2, 0.25) is 0 Å². The van der Waals surface area contributed by atoms with E-state index in [9.17, 15) is 9.90 Å². The number of hydrogen-bond donors (Lipinski definition) is 1. The summed E-state index contributed by atoms with van der Waals surface area (Å²) in [5.41, 5.74) is 3.87. The van der Waals surface area contributed by atoms with E-state index in [0.717, 1.165) is 22.5 Å². The number of aromatic nitrogens is 3. The number of aliphatic hydroxyl groups is 1. The Morgan fingerprint density at radius 3 is 2.63 bits per heavy atom. The Hall–Kier alpha value is -2.83. The molecule has 4 aromatic rings. The fourth-order valence-corrected chi connectivity index (χ4v) is 3.65. The summed E-state index contributed by atoms with van der Waals surface area (Å²) in [5, 5.41) is 18.5. The molecule has 3 heterocycles. The van der Waals surface area contributed by atoms with E-state index in [1.165, 1.54) is 0 Å². The molecule has 0 aliphatic heterocycles. The topological polar surface area (TPSA) is 67.5 Å². The highest BCUT2D eigenvalue weighted by molar-refractivity contribution is 7.08. The van der Waals surface area contributed by atoms with Gasteiger partial charge in [0, 0.05) is 22.6 Å². The summed E-state index contributed by atoms with van der Waals surface area (Å²) in [6.07, 6.45) is 1.92. The van der Waals surface area contributed by atoms with E-state index in [2.05, 4.69) is 15.5 Å². The van der Waals surface area contributed by atoms with E-state index in [1.54, 1.807) is 60.2 Å². The summed E-state index contributed by atoms with van der Waals surface area (Å²) in [7, 11) is 0. The van der Waals surface area contributed by atoms with Crippen LogP contribution in [0.15, 0.2) is 59.4 Å². The van der Waals surface area contributed by atoms with Crippen molar-refractivity contribution in [2.75, 3.05) is 0 Å². The molecule has 27 heavy (non-hydrogen) atoms. The summed E-state index contributed by atoms with van der Waals surface area (Å²) in [6.45, 7) is 3.45. The molecule has 0 spiro atoms. The van der Waals surface area contributed by atoms with Crippen LogP contribution in [-0.2, 0) is 12.0 Å². The molecule has 0 amide bonds. The van der Waals surface area contributed by atoms with Gasteiger partial charge in [-0.25, -0.2) is 9.50 Å². The van der Waals surface area contributed by atoms with E-state index < -0.39 is 5.60 Å². The maximum atomic E-state index is 12.7. The predicted octanol–water partition coefficient (Wildman–Crippen LogP) is 4.11. The number of carbonyl (C=O) groups is 1. The normalized spacial score (nSPS) is 11.8.